The minimum Gasteiger partial charge on any atom is -0.459 e. The molecule has 0 spiro atoms. The Balaban J connectivity index is 1.77. The van der Waals surface area contributed by atoms with Crippen LogP contribution < -0.4 is 0 Å². The van der Waals surface area contributed by atoms with Gasteiger partial charge in [0.25, 0.3) is 5.91 Å². The van der Waals surface area contributed by atoms with Crippen LogP contribution in [0, 0.1) is 0 Å². The first-order chi connectivity index (χ1) is 9.20. The smallest absolute Gasteiger partial charge is 0.290 e. The SMILES string of the molecule is O=C(CO)N1CC2CCC(C1)N2C(=O)c1ccco1. The quantitative estimate of drug-likeness (QED) is 0.821. The second kappa shape index (κ2) is 4.70. The average Bonchev–Trinajstić information content (AvgIpc) is 3.04. The van der Waals surface area contributed by atoms with Crippen molar-refractivity contribution in [1.29, 1.82) is 0 Å². The van der Waals surface area contributed by atoms with E-state index in [0.717, 1.165) is 12.8 Å². The molecule has 0 aliphatic carbocycles. The van der Waals surface area contributed by atoms with E-state index in [1.165, 1.54) is 6.26 Å². The largest absolute Gasteiger partial charge is 0.459 e. The Kier molecular flexibility index (Phi) is 3.02. The van der Waals surface area contributed by atoms with Crippen LogP contribution in [0.3, 0.4) is 0 Å². The van der Waals surface area contributed by atoms with Gasteiger partial charge in [-0.15, -0.1) is 0 Å². The average molecular weight is 264 g/mol. The van der Waals surface area contributed by atoms with Gasteiger partial charge in [0.05, 0.1) is 18.3 Å². The summed E-state index contributed by atoms with van der Waals surface area (Å²) in [6.07, 6.45) is 3.28. The predicted octanol–water partition coefficient (Wildman–Crippen LogP) is 0.0873. The number of likely N-dealkylation sites (tertiary alicyclic amines) is 1. The first kappa shape index (κ1) is 12.2. The number of piperazine rings is 1. The third-order valence-electron chi connectivity index (χ3n) is 3.94. The van der Waals surface area contributed by atoms with Crippen molar-refractivity contribution in [2.24, 2.45) is 0 Å². The van der Waals surface area contributed by atoms with E-state index >= 15 is 0 Å². The van der Waals surface area contributed by atoms with Gasteiger partial charge in [0.2, 0.25) is 5.91 Å². The molecule has 2 fully saturated rings. The fourth-order valence-electron chi connectivity index (χ4n) is 3.07. The lowest BCUT2D eigenvalue weighted by Crippen LogP contribution is -2.57. The molecule has 0 saturated carbocycles. The molecule has 0 aromatic carbocycles. The monoisotopic (exact) mass is 264 g/mol. The van der Waals surface area contributed by atoms with Crippen molar-refractivity contribution in [3.8, 4) is 0 Å². The van der Waals surface area contributed by atoms with Crippen LogP contribution in [0.5, 0.6) is 0 Å². The number of carbonyl (C=O) groups is 2. The van der Waals surface area contributed by atoms with E-state index in [1.807, 2.05) is 4.90 Å². The molecular weight excluding hydrogens is 248 g/mol. The van der Waals surface area contributed by atoms with Gasteiger partial charge < -0.3 is 19.3 Å². The molecule has 0 radical (unpaired) electrons. The van der Waals surface area contributed by atoms with Gasteiger partial charge in [-0.1, -0.05) is 0 Å². The number of rotatable bonds is 2. The lowest BCUT2D eigenvalue weighted by atomic mass is 10.1. The van der Waals surface area contributed by atoms with E-state index in [2.05, 4.69) is 0 Å². The summed E-state index contributed by atoms with van der Waals surface area (Å²) in [6.45, 7) is 0.538. The van der Waals surface area contributed by atoms with Gasteiger partial charge in [0.15, 0.2) is 5.76 Å². The van der Waals surface area contributed by atoms with Crippen LogP contribution >= 0.6 is 0 Å². The molecule has 6 heteroatoms. The number of carbonyl (C=O) groups excluding carboxylic acids is 2. The minimum atomic E-state index is -0.467. The number of hydrogen-bond acceptors (Lipinski definition) is 4. The van der Waals surface area contributed by atoms with Crippen LogP contribution in [-0.2, 0) is 4.79 Å². The van der Waals surface area contributed by atoms with E-state index in [0.29, 0.717) is 18.8 Å². The second-order valence-electron chi connectivity index (χ2n) is 5.03. The molecule has 1 aromatic heterocycles. The maximum Gasteiger partial charge on any atom is 0.290 e. The number of aliphatic hydroxyl groups excluding tert-OH is 1. The summed E-state index contributed by atoms with van der Waals surface area (Å²) in [5, 5.41) is 8.92. The van der Waals surface area contributed by atoms with Crippen molar-refractivity contribution >= 4 is 11.8 Å². The van der Waals surface area contributed by atoms with Crippen LogP contribution in [0.25, 0.3) is 0 Å². The van der Waals surface area contributed by atoms with Crippen LogP contribution in [-0.4, -0.2) is 58.5 Å². The summed E-state index contributed by atoms with van der Waals surface area (Å²) in [4.78, 5) is 27.4. The molecule has 102 valence electrons. The van der Waals surface area contributed by atoms with Crippen molar-refractivity contribution in [1.82, 2.24) is 9.80 Å². The molecule has 2 saturated heterocycles. The zero-order valence-corrected chi connectivity index (χ0v) is 10.5. The lowest BCUT2D eigenvalue weighted by molar-refractivity contribution is -0.137. The van der Waals surface area contributed by atoms with E-state index in [1.54, 1.807) is 17.0 Å². The number of fused-ring (bicyclic) bond motifs is 2. The molecule has 2 aliphatic rings. The van der Waals surface area contributed by atoms with Gasteiger partial charge in [-0.2, -0.15) is 0 Å². The Labute approximate surface area is 110 Å². The molecule has 2 amide bonds. The summed E-state index contributed by atoms with van der Waals surface area (Å²) in [5.41, 5.74) is 0. The Morgan fingerprint density at radius 2 is 2.00 bits per heavy atom. The number of aliphatic hydroxyl groups is 1. The first-order valence-corrected chi connectivity index (χ1v) is 6.45. The van der Waals surface area contributed by atoms with E-state index < -0.39 is 6.61 Å². The fraction of sp³-hybridized carbons (Fsp3) is 0.538. The molecule has 2 bridgehead atoms. The van der Waals surface area contributed by atoms with Crippen molar-refractivity contribution in [2.75, 3.05) is 19.7 Å². The lowest BCUT2D eigenvalue weighted by Gasteiger charge is -2.40. The highest BCUT2D eigenvalue weighted by Crippen LogP contribution is 2.31. The summed E-state index contributed by atoms with van der Waals surface area (Å²) in [7, 11) is 0. The zero-order chi connectivity index (χ0) is 13.4. The third-order valence-corrected chi connectivity index (χ3v) is 3.94. The summed E-state index contributed by atoms with van der Waals surface area (Å²) < 4.78 is 5.16. The van der Waals surface area contributed by atoms with Gasteiger partial charge in [-0.3, -0.25) is 9.59 Å². The van der Waals surface area contributed by atoms with Gasteiger partial charge in [-0.05, 0) is 25.0 Å². The highest BCUT2D eigenvalue weighted by Gasteiger charge is 2.44. The Morgan fingerprint density at radius 1 is 1.32 bits per heavy atom. The first-order valence-electron chi connectivity index (χ1n) is 6.45. The Bertz CT molecular complexity index is 471. The van der Waals surface area contributed by atoms with Gasteiger partial charge in [-0.25, -0.2) is 0 Å². The molecule has 2 aliphatic heterocycles. The van der Waals surface area contributed by atoms with E-state index in [4.69, 9.17) is 9.52 Å². The van der Waals surface area contributed by atoms with Crippen LogP contribution in [0.2, 0.25) is 0 Å². The van der Waals surface area contributed by atoms with E-state index in [9.17, 15) is 9.59 Å². The summed E-state index contributed by atoms with van der Waals surface area (Å²) >= 11 is 0. The van der Waals surface area contributed by atoms with Crippen LogP contribution in [0.15, 0.2) is 22.8 Å². The van der Waals surface area contributed by atoms with Crippen molar-refractivity contribution in [2.45, 2.75) is 24.9 Å². The van der Waals surface area contributed by atoms with Gasteiger partial charge in [0, 0.05) is 13.1 Å². The normalized spacial score (nSPS) is 25.7. The van der Waals surface area contributed by atoms with Crippen LogP contribution in [0.4, 0.5) is 0 Å². The molecule has 3 heterocycles. The predicted molar refractivity (Wildman–Crippen MR) is 65.4 cm³/mol. The Hall–Kier alpha value is -1.82. The maximum absolute atomic E-state index is 12.3. The topological polar surface area (TPSA) is 74.0 Å². The standard InChI is InChI=1S/C13H16N2O4/c16-8-12(17)14-6-9-3-4-10(7-14)15(9)13(18)11-2-1-5-19-11/h1-2,5,9-10,16H,3-4,6-8H2. The number of furan rings is 1. The minimum absolute atomic E-state index is 0.0341. The number of amides is 2. The molecule has 2 unspecified atom stereocenters. The van der Waals surface area contributed by atoms with Crippen molar-refractivity contribution in [3.63, 3.8) is 0 Å². The van der Waals surface area contributed by atoms with E-state index in [-0.39, 0.29) is 23.9 Å². The number of hydrogen-bond donors (Lipinski definition) is 1. The second-order valence-corrected chi connectivity index (χ2v) is 5.03. The molecule has 1 N–H and O–H groups in total. The molecule has 1 aromatic rings. The highest BCUT2D eigenvalue weighted by atomic mass is 16.3. The molecule has 2 atom stereocenters. The highest BCUT2D eigenvalue weighted by molar-refractivity contribution is 5.92. The fourth-order valence-corrected chi connectivity index (χ4v) is 3.07. The maximum atomic E-state index is 12.3. The van der Waals surface area contributed by atoms with Crippen molar-refractivity contribution in [3.05, 3.63) is 24.2 Å². The number of nitrogens with zero attached hydrogens (tertiary/aromatic N) is 2. The molecular formula is C13H16N2O4. The summed E-state index contributed by atoms with van der Waals surface area (Å²) in [5.74, 6) is -0.0190. The van der Waals surface area contributed by atoms with Gasteiger partial charge >= 0.3 is 0 Å². The molecule has 6 nitrogen and oxygen atoms in total. The van der Waals surface area contributed by atoms with Gasteiger partial charge in [0.1, 0.15) is 6.61 Å². The molecule has 19 heavy (non-hydrogen) atoms. The zero-order valence-electron chi connectivity index (χ0n) is 10.5. The third kappa shape index (κ3) is 2.02. The summed E-state index contributed by atoms with van der Waals surface area (Å²) in [6, 6.07) is 3.42. The van der Waals surface area contributed by atoms with Crippen LogP contribution in [0.1, 0.15) is 23.4 Å². The molecule has 3 rings (SSSR count). The Morgan fingerprint density at radius 3 is 2.53 bits per heavy atom. The van der Waals surface area contributed by atoms with Crippen molar-refractivity contribution < 1.29 is 19.1 Å².